The average Bonchev–Trinajstić information content (AvgIpc) is 2.66. The third kappa shape index (κ3) is 5.34. The minimum atomic E-state index is -1.03. The molecule has 1 amide bonds. The van der Waals surface area contributed by atoms with E-state index in [4.69, 9.17) is 16.3 Å². The van der Waals surface area contributed by atoms with Gasteiger partial charge in [-0.05, 0) is 25.5 Å². The van der Waals surface area contributed by atoms with E-state index in [0.29, 0.717) is 39.4 Å². The second-order valence-electron chi connectivity index (χ2n) is 6.60. The van der Waals surface area contributed by atoms with Gasteiger partial charge in [0.05, 0.1) is 30.2 Å². The summed E-state index contributed by atoms with van der Waals surface area (Å²) in [6, 6.07) is 3.30. The summed E-state index contributed by atoms with van der Waals surface area (Å²) in [5.74, 6) is 0.782. The Kier molecular flexibility index (Phi) is 6.82. The molecule has 0 aliphatic rings. The van der Waals surface area contributed by atoms with Gasteiger partial charge in [0.2, 0.25) is 5.95 Å². The topological polar surface area (TPSA) is 108 Å². The van der Waals surface area contributed by atoms with Crippen molar-refractivity contribution in [1.82, 2.24) is 15.3 Å². The lowest BCUT2D eigenvalue weighted by Crippen LogP contribution is -2.38. The molecule has 0 radical (unpaired) electrons. The second-order valence-corrected chi connectivity index (χ2v) is 7.01. The van der Waals surface area contributed by atoms with Crippen LogP contribution in [0, 0.1) is 0 Å². The fourth-order valence-electron chi connectivity index (χ4n) is 2.33. The molecule has 9 heteroatoms. The maximum Gasteiger partial charge on any atom is 0.255 e. The van der Waals surface area contributed by atoms with Gasteiger partial charge in [0, 0.05) is 19.7 Å². The number of anilines is 3. The molecule has 0 saturated heterocycles. The monoisotopic (exact) mass is 405 g/mol. The number of aliphatic hydroxyl groups is 1. The van der Waals surface area contributed by atoms with E-state index in [9.17, 15) is 9.90 Å². The van der Waals surface area contributed by atoms with Crippen LogP contribution in [0.5, 0.6) is 5.75 Å². The van der Waals surface area contributed by atoms with E-state index in [-0.39, 0.29) is 12.5 Å². The van der Waals surface area contributed by atoms with Crippen LogP contribution in [-0.2, 0) is 0 Å². The first-order valence-corrected chi connectivity index (χ1v) is 8.88. The number of rotatable bonds is 8. The first kappa shape index (κ1) is 21.5. The van der Waals surface area contributed by atoms with Crippen molar-refractivity contribution in [2.45, 2.75) is 19.4 Å². The van der Waals surface area contributed by atoms with Crippen LogP contribution in [0.4, 0.5) is 17.5 Å². The van der Waals surface area contributed by atoms with Crippen molar-refractivity contribution >= 4 is 41.0 Å². The molecule has 0 aliphatic heterocycles. The molecule has 0 aliphatic carbocycles. The molecule has 1 aromatic heterocycles. The molecule has 1 heterocycles. The molecule has 0 bridgehead atoms. The van der Waals surface area contributed by atoms with Gasteiger partial charge in [0.1, 0.15) is 16.6 Å². The van der Waals surface area contributed by atoms with E-state index in [1.54, 1.807) is 39.1 Å². The molecule has 2 rings (SSSR count). The number of aromatic nitrogens is 2. The van der Waals surface area contributed by atoms with Crippen molar-refractivity contribution in [3.63, 3.8) is 0 Å². The SMILES string of the molecule is C=Cc1cc(C(=O)NCC(C)(C)O)c(OC)cc1Nc1ncc(Cl)c(NC)n1. The van der Waals surface area contributed by atoms with Crippen LogP contribution in [0.3, 0.4) is 0 Å². The summed E-state index contributed by atoms with van der Waals surface area (Å²) >= 11 is 6.01. The summed E-state index contributed by atoms with van der Waals surface area (Å²) in [7, 11) is 3.18. The minimum absolute atomic E-state index is 0.101. The lowest BCUT2D eigenvalue weighted by Gasteiger charge is -2.19. The van der Waals surface area contributed by atoms with Gasteiger partial charge in [0.15, 0.2) is 0 Å². The number of nitrogens with zero attached hydrogens (tertiary/aromatic N) is 2. The Morgan fingerprint density at radius 2 is 2.14 bits per heavy atom. The number of hydrogen-bond donors (Lipinski definition) is 4. The number of methoxy groups -OCH3 is 1. The van der Waals surface area contributed by atoms with Crippen molar-refractivity contribution in [3.05, 3.63) is 41.1 Å². The Labute approximate surface area is 169 Å². The third-order valence-corrected chi connectivity index (χ3v) is 4.02. The minimum Gasteiger partial charge on any atom is -0.496 e. The quantitative estimate of drug-likeness (QED) is 0.534. The van der Waals surface area contributed by atoms with Gasteiger partial charge in [-0.25, -0.2) is 4.98 Å². The first-order valence-electron chi connectivity index (χ1n) is 8.51. The Balaban J connectivity index is 2.36. The van der Waals surface area contributed by atoms with Crippen molar-refractivity contribution in [3.8, 4) is 5.75 Å². The summed E-state index contributed by atoms with van der Waals surface area (Å²) < 4.78 is 5.37. The molecule has 0 unspecified atom stereocenters. The lowest BCUT2D eigenvalue weighted by atomic mass is 10.1. The van der Waals surface area contributed by atoms with Crippen molar-refractivity contribution in [2.24, 2.45) is 0 Å². The molecule has 8 nitrogen and oxygen atoms in total. The number of nitrogens with one attached hydrogen (secondary N) is 3. The van der Waals surface area contributed by atoms with Gasteiger partial charge in [-0.3, -0.25) is 4.79 Å². The number of carbonyl (C=O) groups excluding carboxylic acids is 1. The first-order chi connectivity index (χ1) is 13.2. The molecule has 2 aromatic rings. The highest BCUT2D eigenvalue weighted by Crippen LogP contribution is 2.30. The smallest absolute Gasteiger partial charge is 0.255 e. The highest BCUT2D eigenvalue weighted by Gasteiger charge is 2.19. The zero-order valence-electron chi connectivity index (χ0n) is 16.3. The lowest BCUT2D eigenvalue weighted by molar-refractivity contribution is 0.0693. The average molecular weight is 406 g/mol. The van der Waals surface area contributed by atoms with Crippen LogP contribution in [0.1, 0.15) is 29.8 Å². The largest absolute Gasteiger partial charge is 0.496 e. The van der Waals surface area contributed by atoms with Crippen molar-refractivity contribution in [1.29, 1.82) is 0 Å². The van der Waals surface area contributed by atoms with Gasteiger partial charge in [0.25, 0.3) is 5.91 Å². The van der Waals surface area contributed by atoms with Crippen LogP contribution in [0.15, 0.2) is 24.9 Å². The van der Waals surface area contributed by atoms with Gasteiger partial charge in [-0.1, -0.05) is 24.3 Å². The fraction of sp³-hybridized carbons (Fsp3) is 0.316. The van der Waals surface area contributed by atoms with Crippen LogP contribution in [-0.4, -0.2) is 47.3 Å². The zero-order chi connectivity index (χ0) is 20.9. The number of hydrogen-bond acceptors (Lipinski definition) is 7. The van der Waals surface area contributed by atoms with Crippen LogP contribution in [0.25, 0.3) is 6.08 Å². The molecule has 0 fully saturated rings. The van der Waals surface area contributed by atoms with Crippen molar-refractivity contribution < 1.29 is 14.6 Å². The molecule has 0 spiro atoms. The number of benzene rings is 1. The Bertz CT molecular complexity index is 881. The molecule has 1 aromatic carbocycles. The molecule has 4 N–H and O–H groups in total. The van der Waals surface area contributed by atoms with Crippen LogP contribution >= 0.6 is 11.6 Å². The molecule has 0 saturated carbocycles. The molecule has 150 valence electrons. The Hall–Kier alpha value is -2.84. The molecular weight excluding hydrogens is 382 g/mol. The highest BCUT2D eigenvalue weighted by atomic mass is 35.5. The third-order valence-electron chi connectivity index (χ3n) is 3.75. The summed E-state index contributed by atoms with van der Waals surface area (Å²) in [5.41, 5.74) is 0.553. The van der Waals surface area contributed by atoms with Gasteiger partial charge >= 0.3 is 0 Å². The zero-order valence-corrected chi connectivity index (χ0v) is 17.0. The predicted octanol–water partition coefficient (Wildman–Crippen LogP) is 3.07. The number of carbonyl (C=O) groups is 1. The maximum atomic E-state index is 12.5. The van der Waals surface area contributed by atoms with Gasteiger partial charge in [-0.2, -0.15) is 4.98 Å². The van der Waals surface area contributed by atoms with E-state index in [0.717, 1.165) is 0 Å². The normalized spacial score (nSPS) is 10.9. The second kappa shape index (κ2) is 8.90. The van der Waals surface area contributed by atoms with Crippen LogP contribution in [0.2, 0.25) is 5.02 Å². The Morgan fingerprint density at radius 1 is 1.43 bits per heavy atom. The summed E-state index contributed by atoms with van der Waals surface area (Å²) in [4.78, 5) is 21.0. The Morgan fingerprint density at radius 3 is 2.71 bits per heavy atom. The summed E-state index contributed by atoms with van der Waals surface area (Å²) in [5, 5.41) is 18.9. The molecule has 0 atom stereocenters. The van der Waals surface area contributed by atoms with Gasteiger partial charge in [-0.15, -0.1) is 0 Å². The highest BCUT2D eigenvalue weighted by molar-refractivity contribution is 6.32. The standard InChI is InChI=1S/C19H24ClN5O3/c1-6-11-7-12(17(26)23-10-19(2,3)27)15(28-5)8-14(11)24-18-22-9-13(20)16(21-4)25-18/h6-9,27H,1,10H2,2-5H3,(H,23,26)(H2,21,22,24,25). The summed E-state index contributed by atoms with van der Waals surface area (Å²) in [6.45, 7) is 7.12. The van der Waals surface area contributed by atoms with E-state index >= 15 is 0 Å². The van der Waals surface area contributed by atoms with Gasteiger partial charge < -0.3 is 25.8 Å². The molecule has 28 heavy (non-hydrogen) atoms. The number of amides is 1. The van der Waals surface area contributed by atoms with E-state index in [1.165, 1.54) is 13.3 Å². The van der Waals surface area contributed by atoms with Crippen molar-refractivity contribution in [2.75, 3.05) is 31.3 Å². The molecular formula is C19H24ClN5O3. The van der Waals surface area contributed by atoms with Crippen LogP contribution < -0.4 is 20.7 Å². The summed E-state index contributed by atoms with van der Waals surface area (Å²) in [6.07, 6.45) is 3.08. The maximum absolute atomic E-state index is 12.5. The van der Waals surface area contributed by atoms with E-state index in [1.807, 2.05) is 0 Å². The fourth-order valence-corrected chi connectivity index (χ4v) is 2.52. The number of ether oxygens (including phenoxy) is 1. The van der Waals surface area contributed by atoms with E-state index < -0.39 is 5.60 Å². The predicted molar refractivity (Wildman–Crippen MR) is 112 cm³/mol. The number of halogens is 1. The van der Waals surface area contributed by atoms with E-state index in [2.05, 4.69) is 32.5 Å².